The maximum Gasteiger partial charge on any atom is 0.269 e. The molecule has 0 radical (unpaired) electrons. The number of nitrogens with one attached hydrogen (secondary N) is 2. The Kier molecular flexibility index (Phi) is 5.42. The normalized spacial score (nSPS) is 11.7. The molecule has 154 valence electrons. The zero-order chi connectivity index (χ0) is 21.3. The van der Waals surface area contributed by atoms with Crippen molar-refractivity contribution < 1.29 is 12.8 Å². The average molecular weight is 446 g/mol. The van der Waals surface area contributed by atoms with E-state index in [0.717, 1.165) is 5.56 Å². The number of benzene rings is 1. The van der Waals surface area contributed by atoms with Gasteiger partial charge in [0, 0.05) is 30.7 Å². The number of rotatable bonds is 6. The molecule has 0 amide bonds. The second-order valence-electron chi connectivity index (χ2n) is 6.52. The van der Waals surface area contributed by atoms with Crippen LogP contribution in [0.2, 0.25) is 5.02 Å². The lowest BCUT2D eigenvalue weighted by molar-refractivity contribution is 0.588. The molecule has 4 rings (SSSR count). The van der Waals surface area contributed by atoms with Gasteiger partial charge >= 0.3 is 0 Å². The first kappa shape index (κ1) is 20.3. The summed E-state index contributed by atoms with van der Waals surface area (Å²) in [6.07, 6.45) is 5.93. The summed E-state index contributed by atoms with van der Waals surface area (Å²) in [6.45, 7) is 0.440. The van der Waals surface area contributed by atoms with E-state index in [9.17, 15) is 12.8 Å². The molecule has 2 N–H and O–H groups in total. The van der Waals surface area contributed by atoms with Crippen molar-refractivity contribution in [2.75, 3.05) is 12.4 Å². The van der Waals surface area contributed by atoms with Gasteiger partial charge in [0.25, 0.3) is 10.0 Å². The summed E-state index contributed by atoms with van der Waals surface area (Å²) in [5.74, 6) is -0.452. The van der Waals surface area contributed by atoms with Gasteiger partial charge in [0.05, 0.1) is 33.6 Å². The molecule has 0 aliphatic carbocycles. The molecule has 1 aromatic carbocycles. The second kappa shape index (κ2) is 8.02. The second-order valence-corrected chi connectivity index (χ2v) is 8.74. The van der Waals surface area contributed by atoms with Crippen LogP contribution >= 0.6 is 11.6 Å². The van der Waals surface area contributed by atoms with Gasteiger partial charge in [-0.3, -0.25) is 9.97 Å². The van der Waals surface area contributed by atoms with E-state index in [2.05, 4.69) is 20.6 Å². The van der Waals surface area contributed by atoms with Gasteiger partial charge in [-0.05, 0) is 43.4 Å². The number of nitrogens with zero attached hydrogens (tertiary/aromatic N) is 3. The average Bonchev–Trinajstić information content (AvgIpc) is 3.10. The Morgan fingerprint density at radius 1 is 1.20 bits per heavy atom. The van der Waals surface area contributed by atoms with Gasteiger partial charge in [-0.1, -0.05) is 11.6 Å². The number of pyridine rings is 2. The van der Waals surface area contributed by atoms with Crippen molar-refractivity contribution >= 4 is 44.0 Å². The van der Waals surface area contributed by atoms with Gasteiger partial charge in [0.1, 0.15) is 10.7 Å². The molecule has 3 aromatic heterocycles. The number of hydrogen-bond donors (Lipinski definition) is 2. The predicted octanol–water partition coefficient (Wildman–Crippen LogP) is 3.92. The van der Waals surface area contributed by atoms with Gasteiger partial charge in [-0.15, -0.1) is 0 Å². The fourth-order valence-corrected chi connectivity index (χ4v) is 4.64. The summed E-state index contributed by atoms with van der Waals surface area (Å²) in [7, 11) is -2.11. The molecule has 0 atom stereocenters. The molecular formula is C20H17ClFN5O2S. The molecule has 30 heavy (non-hydrogen) atoms. The van der Waals surface area contributed by atoms with Crippen molar-refractivity contribution in [1.29, 1.82) is 0 Å². The number of halogens is 2. The number of fused-ring (bicyclic) bond motifs is 1. The van der Waals surface area contributed by atoms with Crippen LogP contribution in [0.3, 0.4) is 0 Å². The summed E-state index contributed by atoms with van der Waals surface area (Å²) >= 11 is 6.09. The van der Waals surface area contributed by atoms with E-state index < -0.39 is 15.8 Å². The molecule has 0 bridgehead atoms. The molecule has 0 aliphatic heterocycles. The van der Waals surface area contributed by atoms with Crippen LogP contribution in [0.5, 0.6) is 0 Å². The molecule has 10 heteroatoms. The Morgan fingerprint density at radius 3 is 2.73 bits per heavy atom. The van der Waals surface area contributed by atoms with Gasteiger partial charge in [0.15, 0.2) is 0 Å². The van der Waals surface area contributed by atoms with Crippen molar-refractivity contribution in [1.82, 2.24) is 19.3 Å². The summed E-state index contributed by atoms with van der Waals surface area (Å²) < 4.78 is 40.9. The van der Waals surface area contributed by atoms with E-state index in [1.807, 2.05) is 0 Å². The first-order valence-corrected chi connectivity index (χ1v) is 10.7. The molecule has 0 saturated carbocycles. The topological polar surface area (TPSA) is 88.9 Å². The fourth-order valence-electron chi connectivity index (χ4n) is 3.09. The van der Waals surface area contributed by atoms with E-state index in [4.69, 9.17) is 11.6 Å². The standard InChI is InChI=1S/C20H17ClFN5O2S/c1-23-9-13-12-27(30(28,29)16-3-2-6-24-11-16)19-8-15(10-25-20(13)19)26-18-5-4-14(22)7-17(18)21/h2-8,10-12,23,26H,9H2,1H3. The van der Waals surface area contributed by atoms with E-state index in [0.29, 0.717) is 29.0 Å². The maximum absolute atomic E-state index is 13.3. The highest BCUT2D eigenvalue weighted by molar-refractivity contribution is 7.90. The molecule has 3 heterocycles. The molecule has 0 unspecified atom stereocenters. The molecule has 0 saturated heterocycles. The Morgan fingerprint density at radius 2 is 2.03 bits per heavy atom. The van der Waals surface area contributed by atoms with Crippen LogP contribution in [-0.2, 0) is 16.6 Å². The molecular weight excluding hydrogens is 429 g/mol. The van der Waals surface area contributed by atoms with Crippen LogP contribution in [0.25, 0.3) is 11.0 Å². The summed E-state index contributed by atoms with van der Waals surface area (Å²) in [5, 5.41) is 6.27. The van der Waals surface area contributed by atoms with E-state index >= 15 is 0 Å². The number of anilines is 2. The SMILES string of the molecule is CNCc1cn(S(=O)(=O)c2cccnc2)c2cc(Nc3ccc(F)cc3Cl)cnc12. The first-order chi connectivity index (χ1) is 14.4. The van der Waals surface area contributed by atoms with Crippen molar-refractivity contribution in [3.8, 4) is 0 Å². The minimum absolute atomic E-state index is 0.0675. The lowest BCUT2D eigenvalue weighted by atomic mass is 10.2. The van der Waals surface area contributed by atoms with E-state index in [1.54, 1.807) is 31.6 Å². The lowest BCUT2D eigenvalue weighted by Gasteiger charge is -2.10. The van der Waals surface area contributed by atoms with Crippen molar-refractivity contribution in [3.63, 3.8) is 0 Å². The quantitative estimate of drug-likeness (QED) is 0.467. The third-order valence-electron chi connectivity index (χ3n) is 4.45. The summed E-state index contributed by atoms with van der Waals surface area (Å²) in [6, 6.07) is 8.68. The Labute approximate surface area is 177 Å². The molecule has 0 spiro atoms. The fraction of sp³-hybridized carbons (Fsp3) is 0.100. The Bertz CT molecular complexity index is 1330. The van der Waals surface area contributed by atoms with Crippen LogP contribution in [0.15, 0.2) is 66.1 Å². The zero-order valence-corrected chi connectivity index (χ0v) is 17.4. The predicted molar refractivity (Wildman–Crippen MR) is 114 cm³/mol. The van der Waals surface area contributed by atoms with Crippen LogP contribution in [-0.4, -0.2) is 29.4 Å². The van der Waals surface area contributed by atoms with Crippen LogP contribution in [0.4, 0.5) is 15.8 Å². The van der Waals surface area contributed by atoms with Gasteiger partial charge in [0.2, 0.25) is 0 Å². The maximum atomic E-state index is 13.3. The Balaban J connectivity index is 1.85. The van der Waals surface area contributed by atoms with Crippen molar-refractivity contribution in [3.05, 3.63) is 77.6 Å². The lowest BCUT2D eigenvalue weighted by Crippen LogP contribution is -2.12. The van der Waals surface area contributed by atoms with E-state index in [1.165, 1.54) is 40.6 Å². The molecule has 0 aliphatic rings. The van der Waals surface area contributed by atoms with Crippen LogP contribution < -0.4 is 10.6 Å². The number of aromatic nitrogens is 3. The number of hydrogen-bond acceptors (Lipinski definition) is 6. The Hall–Kier alpha value is -3.01. The smallest absolute Gasteiger partial charge is 0.269 e. The molecule has 4 aromatic rings. The summed E-state index contributed by atoms with van der Waals surface area (Å²) in [4.78, 5) is 8.43. The highest BCUT2D eigenvalue weighted by Gasteiger charge is 2.22. The monoisotopic (exact) mass is 445 g/mol. The van der Waals surface area contributed by atoms with Crippen molar-refractivity contribution in [2.45, 2.75) is 11.4 Å². The van der Waals surface area contributed by atoms with E-state index in [-0.39, 0.29) is 9.92 Å². The van der Waals surface area contributed by atoms with Gasteiger partial charge < -0.3 is 10.6 Å². The summed E-state index contributed by atoms with van der Waals surface area (Å²) in [5.41, 5.74) is 2.65. The van der Waals surface area contributed by atoms with Crippen molar-refractivity contribution in [2.24, 2.45) is 0 Å². The highest BCUT2D eigenvalue weighted by atomic mass is 35.5. The zero-order valence-electron chi connectivity index (χ0n) is 15.8. The van der Waals surface area contributed by atoms with Gasteiger partial charge in [-0.25, -0.2) is 16.8 Å². The highest BCUT2D eigenvalue weighted by Crippen LogP contribution is 2.30. The van der Waals surface area contributed by atoms with Crippen LogP contribution in [0, 0.1) is 5.82 Å². The first-order valence-electron chi connectivity index (χ1n) is 8.92. The molecule has 0 fully saturated rings. The minimum atomic E-state index is -3.88. The third-order valence-corrected chi connectivity index (χ3v) is 6.42. The minimum Gasteiger partial charge on any atom is -0.353 e. The van der Waals surface area contributed by atoms with Crippen LogP contribution in [0.1, 0.15) is 5.56 Å². The largest absolute Gasteiger partial charge is 0.353 e. The molecule has 7 nitrogen and oxygen atoms in total. The third kappa shape index (κ3) is 3.74. The van der Waals surface area contributed by atoms with Gasteiger partial charge in [-0.2, -0.15) is 0 Å².